The van der Waals surface area contributed by atoms with Gasteiger partial charge in [-0.05, 0) is 51.3 Å². The number of carbonyl (C=O) groups is 1. The van der Waals surface area contributed by atoms with Crippen LogP contribution in [0, 0.1) is 20.8 Å². The average Bonchev–Trinajstić information content (AvgIpc) is 3.16. The van der Waals surface area contributed by atoms with Gasteiger partial charge in [-0.2, -0.15) is 5.10 Å². The number of hydrogen-bond donors (Lipinski definition) is 0. The fourth-order valence-electron chi connectivity index (χ4n) is 3.22. The molecule has 0 N–H and O–H groups in total. The lowest BCUT2D eigenvalue weighted by molar-refractivity contribution is -0.131. The number of nitrogens with zero attached hydrogens (tertiary/aromatic N) is 4. The van der Waals surface area contributed by atoms with Gasteiger partial charge in [-0.25, -0.2) is 0 Å². The Morgan fingerprint density at radius 1 is 1.43 bits per heavy atom. The van der Waals surface area contributed by atoms with Gasteiger partial charge in [0.25, 0.3) is 0 Å². The number of likely N-dealkylation sites (tertiary alicyclic amines) is 1. The Hall–Kier alpha value is -1.82. The summed E-state index contributed by atoms with van der Waals surface area (Å²) in [6.07, 6.45) is 2.26. The number of halogens is 1. The van der Waals surface area contributed by atoms with Crippen LogP contribution in [0.2, 0.25) is 5.22 Å². The molecule has 23 heavy (non-hydrogen) atoms. The maximum absolute atomic E-state index is 12.7. The van der Waals surface area contributed by atoms with Gasteiger partial charge < -0.3 is 9.42 Å². The zero-order valence-electron chi connectivity index (χ0n) is 13.7. The minimum absolute atomic E-state index is 0.0715. The molecule has 0 saturated carbocycles. The first-order valence-electron chi connectivity index (χ1n) is 7.87. The average molecular weight is 337 g/mol. The highest BCUT2D eigenvalue weighted by Crippen LogP contribution is 2.24. The van der Waals surface area contributed by atoms with Crippen molar-refractivity contribution in [1.29, 1.82) is 0 Å². The summed E-state index contributed by atoms with van der Waals surface area (Å²) in [5, 5.41) is 8.52. The third-order valence-corrected chi connectivity index (χ3v) is 4.75. The second-order valence-electron chi connectivity index (χ2n) is 6.19. The van der Waals surface area contributed by atoms with Crippen molar-refractivity contribution in [2.45, 2.75) is 52.6 Å². The lowest BCUT2D eigenvalue weighted by Crippen LogP contribution is -2.39. The molecule has 3 rings (SSSR count). The zero-order chi connectivity index (χ0) is 16.6. The van der Waals surface area contributed by atoms with E-state index in [9.17, 15) is 4.79 Å². The van der Waals surface area contributed by atoms with Crippen molar-refractivity contribution in [1.82, 2.24) is 19.8 Å². The SMILES string of the molecule is Cc1cc(C)n(C[C@@H]2CCCN2C(=O)Cc2c(C)noc2Cl)n1. The van der Waals surface area contributed by atoms with E-state index >= 15 is 0 Å². The molecule has 1 saturated heterocycles. The van der Waals surface area contributed by atoms with Gasteiger partial charge in [0.1, 0.15) is 0 Å². The summed E-state index contributed by atoms with van der Waals surface area (Å²) in [5.41, 5.74) is 3.50. The van der Waals surface area contributed by atoms with Crippen molar-refractivity contribution in [2.24, 2.45) is 0 Å². The fraction of sp³-hybridized carbons (Fsp3) is 0.562. The fourth-order valence-corrected chi connectivity index (χ4v) is 3.46. The van der Waals surface area contributed by atoms with E-state index in [0.29, 0.717) is 11.3 Å². The second kappa shape index (κ2) is 6.35. The monoisotopic (exact) mass is 336 g/mol. The Labute approximate surface area is 140 Å². The van der Waals surface area contributed by atoms with Crippen molar-refractivity contribution < 1.29 is 9.32 Å². The summed E-state index contributed by atoms with van der Waals surface area (Å²) in [6.45, 7) is 7.35. The Kier molecular flexibility index (Phi) is 4.43. The van der Waals surface area contributed by atoms with E-state index in [1.807, 2.05) is 23.4 Å². The Balaban J connectivity index is 1.71. The molecule has 1 aliphatic heterocycles. The van der Waals surface area contributed by atoms with Crippen LogP contribution in [0.25, 0.3) is 0 Å². The van der Waals surface area contributed by atoms with Gasteiger partial charge in [-0.1, -0.05) is 5.16 Å². The molecular weight excluding hydrogens is 316 g/mol. The van der Waals surface area contributed by atoms with Crippen LogP contribution in [-0.4, -0.2) is 38.3 Å². The molecule has 0 bridgehead atoms. The number of hydrogen-bond acceptors (Lipinski definition) is 4. The molecule has 0 aliphatic carbocycles. The molecule has 1 aliphatic rings. The molecule has 1 fully saturated rings. The molecule has 0 unspecified atom stereocenters. The smallest absolute Gasteiger partial charge is 0.229 e. The van der Waals surface area contributed by atoms with Crippen molar-refractivity contribution >= 4 is 17.5 Å². The third kappa shape index (κ3) is 3.27. The molecule has 0 spiro atoms. The molecule has 0 aromatic carbocycles. The first-order valence-corrected chi connectivity index (χ1v) is 8.24. The van der Waals surface area contributed by atoms with E-state index in [1.165, 1.54) is 0 Å². The normalized spacial score (nSPS) is 17.9. The standard InChI is InChI=1S/C16H21ClN4O2/c1-10-7-11(2)21(18-10)9-13-5-4-6-20(13)15(22)8-14-12(3)19-23-16(14)17/h7,13H,4-6,8-9H2,1-3H3/t13-/m0/s1. The maximum atomic E-state index is 12.7. The molecule has 124 valence electrons. The zero-order valence-corrected chi connectivity index (χ0v) is 14.4. The summed E-state index contributed by atoms with van der Waals surface area (Å²) in [6, 6.07) is 2.24. The van der Waals surface area contributed by atoms with Crippen molar-refractivity contribution in [2.75, 3.05) is 6.54 Å². The van der Waals surface area contributed by atoms with Crippen LogP contribution in [0.4, 0.5) is 0 Å². The van der Waals surface area contributed by atoms with Crippen LogP contribution in [-0.2, 0) is 17.8 Å². The maximum Gasteiger partial charge on any atom is 0.229 e. The summed E-state index contributed by atoms with van der Waals surface area (Å²) >= 11 is 5.97. The molecule has 0 radical (unpaired) electrons. The Morgan fingerprint density at radius 3 is 2.83 bits per heavy atom. The molecule has 2 aromatic heterocycles. The van der Waals surface area contributed by atoms with Gasteiger partial charge in [-0.15, -0.1) is 0 Å². The minimum Gasteiger partial charge on any atom is -0.344 e. The van der Waals surface area contributed by atoms with Crippen LogP contribution in [0.5, 0.6) is 0 Å². The molecule has 6 nitrogen and oxygen atoms in total. The van der Waals surface area contributed by atoms with Crippen LogP contribution in [0.15, 0.2) is 10.6 Å². The molecule has 2 aromatic rings. The highest BCUT2D eigenvalue weighted by Gasteiger charge is 2.30. The molecule has 3 heterocycles. The van der Waals surface area contributed by atoms with Crippen LogP contribution in [0.3, 0.4) is 0 Å². The van der Waals surface area contributed by atoms with Crippen molar-refractivity contribution in [3.8, 4) is 0 Å². The Bertz CT molecular complexity index is 702. The first-order chi connectivity index (χ1) is 11.0. The van der Waals surface area contributed by atoms with Crippen molar-refractivity contribution in [3.63, 3.8) is 0 Å². The molecule has 1 amide bonds. The Morgan fingerprint density at radius 2 is 2.22 bits per heavy atom. The molecular formula is C16H21ClN4O2. The number of rotatable bonds is 4. The number of aryl methyl sites for hydroxylation is 3. The number of carbonyl (C=O) groups excluding carboxylic acids is 1. The quantitative estimate of drug-likeness (QED) is 0.861. The van der Waals surface area contributed by atoms with Crippen molar-refractivity contribution in [3.05, 3.63) is 33.9 Å². The molecule has 7 heteroatoms. The topological polar surface area (TPSA) is 64.2 Å². The summed E-state index contributed by atoms with van der Waals surface area (Å²) in [7, 11) is 0. The van der Waals surface area contributed by atoms with Crippen LogP contribution >= 0.6 is 11.6 Å². The van der Waals surface area contributed by atoms with E-state index in [-0.39, 0.29) is 23.6 Å². The number of amides is 1. The van der Waals surface area contributed by atoms with Gasteiger partial charge in [0.2, 0.25) is 11.1 Å². The van der Waals surface area contributed by atoms with Crippen LogP contribution in [0.1, 0.15) is 35.5 Å². The lowest BCUT2D eigenvalue weighted by Gasteiger charge is -2.25. The first kappa shape index (κ1) is 16.1. The van der Waals surface area contributed by atoms with E-state index in [4.69, 9.17) is 16.1 Å². The van der Waals surface area contributed by atoms with E-state index in [0.717, 1.165) is 37.3 Å². The van der Waals surface area contributed by atoms with E-state index in [2.05, 4.69) is 16.3 Å². The van der Waals surface area contributed by atoms with Gasteiger partial charge in [0, 0.05) is 17.8 Å². The van der Waals surface area contributed by atoms with Gasteiger partial charge in [0.05, 0.1) is 30.4 Å². The minimum atomic E-state index is 0.0715. The third-order valence-electron chi connectivity index (χ3n) is 4.45. The van der Waals surface area contributed by atoms with E-state index < -0.39 is 0 Å². The highest BCUT2D eigenvalue weighted by molar-refractivity contribution is 6.29. The lowest BCUT2D eigenvalue weighted by atomic mass is 10.1. The summed E-state index contributed by atoms with van der Waals surface area (Å²) in [5.74, 6) is 0.0715. The molecule has 1 atom stereocenters. The summed E-state index contributed by atoms with van der Waals surface area (Å²) in [4.78, 5) is 14.6. The summed E-state index contributed by atoms with van der Waals surface area (Å²) < 4.78 is 6.92. The van der Waals surface area contributed by atoms with Gasteiger partial charge in [-0.3, -0.25) is 9.48 Å². The number of aromatic nitrogens is 3. The predicted molar refractivity (Wildman–Crippen MR) is 86.4 cm³/mol. The van der Waals surface area contributed by atoms with E-state index in [1.54, 1.807) is 6.92 Å². The van der Waals surface area contributed by atoms with Gasteiger partial charge in [0.15, 0.2) is 0 Å². The predicted octanol–water partition coefficient (Wildman–Crippen LogP) is 2.68. The van der Waals surface area contributed by atoms with Crippen LogP contribution < -0.4 is 0 Å². The largest absolute Gasteiger partial charge is 0.344 e. The second-order valence-corrected chi connectivity index (χ2v) is 6.53. The van der Waals surface area contributed by atoms with Gasteiger partial charge >= 0.3 is 0 Å². The highest BCUT2D eigenvalue weighted by atomic mass is 35.5.